The van der Waals surface area contributed by atoms with E-state index in [4.69, 9.17) is 4.74 Å². The summed E-state index contributed by atoms with van der Waals surface area (Å²) in [7, 11) is 0. The van der Waals surface area contributed by atoms with Crippen molar-refractivity contribution in [2.45, 2.75) is 56.4 Å². The number of hydrogen-bond donors (Lipinski definition) is 3. The van der Waals surface area contributed by atoms with Gasteiger partial charge in [-0.25, -0.2) is 4.79 Å². The van der Waals surface area contributed by atoms with Gasteiger partial charge in [-0.05, 0) is 87.2 Å². The van der Waals surface area contributed by atoms with Crippen LogP contribution in [-0.2, 0) is 27.3 Å². The van der Waals surface area contributed by atoms with Gasteiger partial charge in [0.2, 0.25) is 5.91 Å². The minimum absolute atomic E-state index is 0.0588. The topological polar surface area (TPSA) is 141 Å². The molecule has 0 fully saturated rings. The zero-order chi connectivity index (χ0) is 39.8. The summed E-state index contributed by atoms with van der Waals surface area (Å²) in [5, 5.41) is 18.6. The van der Waals surface area contributed by atoms with Crippen molar-refractivity contribution < 1.29 is 23.9 Å². The lowest BCUT2D eigenvalue weighted by molar-refractivity contribution is -0.116. The molecule has 4 amide bonds. The minimum Gasteiger partial charge on any atom is -0.444 e. The normalized spacial score (nSPS) is 13.1. The largest absolute Gasteiger partial charge is 0.444 e. The molecule has 1 unspecified atom stereocenters. The van der Waals surface area contributed by atoms with Crippen molar-refractivity contribution in [1.82, 2.24) is 10.2 Å². The molecule has 5 aromatic rings. The highest BCUT2D eigenvalue weighted by Crippen LogP contribution is 2.41. The summed E-state index contributed by atoms with van der Waals surface area (Å²) in [4.78, 5) is 57.0. The number of rotatable bonds is 10. The molecule has 1 aromatic heterocycles. The second-order valence-electron chi connectivity index (χ2n) is 14.1. The second-order valence-corrected chi connectivity index (χ2v) is 16.4. The van der Waals surface area contributed by atoms with E-state index in [1.807, 2.05) is 94.4 Å². The number of ether oxygens (including phenoxy) is 1. The van der Waals surface area contributed by atoms with E-state index in [-0.39, 0.29) is 18.1 Å². The Morgan fingerprint density at radius 1 is 0.911 bits per heavy atom. The number of amides is 4. The van der Waals surface area contributed by atoms with Crippen molar-refractivity contribution in [2.75, 3.05) is 17.2 Å². The predicted octanol–water partition coefficient (Wildman–Crippen LogP) is 9.10. The van der Waals surface area contributed by atoms with Crippen molar-refractivity contribution in [1.29, 1.82) is 5.26 Å². The third-order valence-electron chi connectivity index (χ3n) is 8.66. The number of benzene rings is 4. The lowest BCUT2D eigenvalue weighted by atomic mass is 10.0. The van der Waals surface area contributed by atoms with Gasteiger partial charge in [-0.3, -0.25) is 14.4 Å². The Balaban J connectivity index is 1.21. The van der Waals surface area contributed by atoms with Gasteiger partial charge in [-0.1, -0.05) is 84.4 Å². The van der Waals surface area contributed by atoms with Crippen LogP contribution in [0.4, 0.5) is 15.5 Å². The molecule has 0 aliphatic carbocycles. The number of hydrogen-bond acceptors (Lipinski definition) is 8. The van der Waals surface area contributed by atoms with E-state index in [1.165, 1.54) is 23.1 Å². The standard InChI is InChI=1S/C44H41N5O5S2/c1-28-18-20-29(21-19-28)24-36(47-39(50)31-14-9-6-10-15-31)40(51)46-32-16-11-17-33(25-32)55-38(30-12-7-5-8-13-30)41(52)48-42-35(26-45)34-22-23-49(27-37(34)56-42)43(53)54-44(2,3)4/h5-21,24-25,38H,22-23,27H2,1-4H3,(H,46,51)(H,47,50)(H,48,52)/b36-24+. The van der Waals surface area contributed by atoms with Gasteiger partial charge >= 0.3 is 6.09 Å². The molecule has 0 spiro atoms. The fourth-order valence-corrected chi connectivity index (χ4v) is 8.22. The lowest BCUT2D eigenvalue weighted by Gasteiger charge is -2.29. The number of anilines is 2. The van der Waals surface area contributed by atoms with Gasteiger partial charge in [0, 0.05) is 27.6 Å². The second kappa shape index (κ2) is 17.5. The Labute approximate surface area is 334 Å². The van der Waals surface area contributed by atoms with Gasteiger partial charge in [-0.15, -0.1) is 23.1 Å². The number of fused-ring (bicyclic) bond motifs is 1. The van der Waals surface area contributed by atoms with Crippen LogP contribution in [0, 0.1) is 18.3 Å². The van der Waals surface area contributed by atoms with Crippen molar-refractivity contribution in [2.24, 2.45) is 0 Å². The molecule has 1 aliphatic rings. The molecule has 1 aliphatic heterocycles. The minimum atomic E-state index is -0.728. The first kappa shape index (κ1) is 39.5. The monoisotopic (exact) mass is 783 g/mol. The maximum absolute atomic E-state index is 14.2. The zero-order valence-corrected chi connectivity index (χ0v) is 33.1. The molecule has 56 heavy (non-hydrogen) atoms. The van der Waals surface area contributed by atoms with Gasteiger partial charge in [0.05, 0.1) is 12.1 Å². The molecule has 2 heterocycles. The van der Waals surface area contributed by atoms with Crippen molar-refractivity contribution in [3.63, 3.8) is 0 Å². The van der Waals surface area contributed by atoms with Gasteiger partial charge in [-0.2, -0.15) is 5.26 Å². The molecule has 3 N–H and O–H groups in total. The molecule has 10 nitrogen and oxygen atoms in total. The van der Waals surface area contributed by atoms with Gasteiger partial charge in [0.15, 0.2) is 0 Å². The smallest absolute Gasteiger partial charge is 0.410 e. The number of thioether (sulfide) groups is 1. The third-order valence-corrected chi connectivity index (χ3v) is 11.0. The molecule has 0 radical (unpaired) electrons. The number of thiophene rings is 1. The molecule has 6 rings (SSSR count). The van der Waals surface area contributed by atoms with Gasteiger partial charge in [0.1, 0.15) is 27.6 Å². The number of carbonyl (C=O) groups is 4. The summed E-state index contributed by atoms with van der Waals surface area (Å²) in [6.45, 7) is 8.10. The first-order valence-corrected chi connectivity index (χ1v) is 19.7. The first-order chi connectivity index (χ1) is 26.9. The summed E-state index contributed by atoms with van der Waals surface area (Å²) < 4.78 is 5.57. The first-order valence-electron chi connectivity index (χ1n) is 18.0. The number of aryl methyl sites for hydroxylation is 1. The van der Waals surface area contributed by atoms with E-state index >= 15 is 0 Å². The number of carbonyl (C=O) groups excluding carboxylic acids is 4. The summed E-state index contributed by atoms with van der Waals surface area (Å²) in [6, 6.07) is 35.0. The lowest BCUT2D eigenvalue weighted by Crippen LogP contribution is -2.39. The van der Waals surface area contributed by atoms with Crippen molar-refractivity contribution in [3.8, 4) is 6.07 Å². The third kappa shape index (κ3) is 10.1. The van der Waals surface area contributed by atoms with Crippen LogP contribution < -0.4 is 16.0 Å². The average Bonchev–Trinajstić information content (AvgIpc) is 3.53. The summed E-state index contributed by atoms with van der Waals surface area (Å²) in [5.74, 6) is -1.28. The Morgan fingerprint density at radius 2 is 1.61 bits per heavy atom. The number of nitriles is 1. The van der Waals surface area contributed by atoms with Crippen LogP contribution in [-0.4, -0.2) is 40.9 Å². The van der Waals surface area contributed by atoms with Crippen LogP contribution in [0.5, 0.6) is 0 Å². The number of nitrogens with one attached hydrogen (secondary N) is 3. The molecule has 12 heteroatoms. The van der Waals surface area contributed by atoms with E-state index in [0.29, 0.717) is 39.7 Å². The number of nitrogens with zero attached hydrogens (tertiary/aromatic N) is 2. The van der Waals surface area contributed by atoms with E-state index in [0.717, 1.165) is 27.1 Å². The maximum atomic E-state index is 14.2. The quantitative estimate of drug-likeness (QED) is 0.0948. The van der Waals surface area contributed by atoms with Crippen LogP contribution in [0.1, 0.15) is 69.1 Å². The Kier molecular flexibility index (Phi) is 12.4. The van der Waals surface area contributed by atoms with Crippen LogP contribution in [0.2, 0.25) is 0 Å². The van der Waals surface area contributed by atoms with E-state index in [2.05, 4.69) is 22.0 Å². The van der Waals surface area contributed by atoms with Crippen LogP contribution in [0.15, 0.2) is 120 Å². The molecule has 284 valence electrons. The summed E-state index contributed by atoms with van der Waals surface area (Å²) >= 11 is 2.59. The summed E-state index contributed by atoms with van der Waals surface area (Å²) in [6.07, 6.45) is 1.67. The summed E-state index contributed by atoms with van der Waals surface area (Å²) in [5.41, 5.74) is 4.06. The van der Waals surface area contributed by atoms with Gasteiger partial charge < -0.3 is 25.6 Å². The van der Waals surface area contributed by atoms with E-state index in [1.54, 1.807) is 53.4 Å². The van der Waals surface area contributed by atoms with E-state index < -0.39 is 28.8 Å². The Morgan fingerprint density at radius 3 is 2.29 bits per heavy atom. The molecule has 0 saturated heterocycles. The fourth-order valence-electron chi connectivity index (χ4n) is 5.92. The SMILES string of the molecule is Cc1ccc(/C=C(/NC(=O)c2ccccc2)C(=O)Nc2cccc(SC(C(=O)Nc3sc4c(c3C#N)CCN(C(=O)OC(C)(C)C)C4)c3ccccc3)c2)cc1. The Bertz CT molecular complexity index is 2310. The molecule has 4 aromatic carbocycles. The highest BCUT2D eigenvalue weighted by molar-refractivity contribution is 8.00. The highest BCUT2D eigenvalue weighted by atomic mass is 32.2. The Hall–Kier alpha value is -6.16. The van der Waals surface area contributed by atoms with Crippen LogP contribution >= 0.6 is 23.1 Å². The zero-order valence-electron chi connectivity index (χ0n) is 31.4. The van der Waals surface area contributed by atoms with Crippen LogP contribution in [0.25, 0.3) is 6.08 Å². The fraction of sp³-hybridized carbons (Fsp3) is 0.205. The van der Waals surface area contributed by atoms with Crippen molar-refractivity contribution >= 4 is 63.7 Å². The highest BCUT2D eigenvalue weighted by Gasteiger charge is 2.31. The van der Waals surface area contributed by atoms with Gasteiger partial charge in [0.25, 0.3) is 11.8 Å². The molecule has 0 bridgehead atoms. The maximum Gasteiger partial charge on any atom is 0.410 e. The van der Waals surface area contributed by atoms with E-state index in [9.17, 15) is 24.4 Å². The molecular formula is C44H41N5O5S2. The molecule has 1 atom stereocenters. The van der Waals surface area contributed by atoms with Crippen molar-refractivity contribution in [3.05, 3.63) is 153 Å². The predicted molar refractivity (Wildman–Crippen MR) is 221 cm³/mol. The van der Waals surface area contributed by atoms with Crippen LogP contribution in [0.3, 0.4) is 0 Å². The average molecular weight is 784 g/mol. The molecule has 0 saturated carbocycles. The molecular weight excluding hydrogens is 743 g/mol.